The van der Waals surface area contributed by atoms with E-state index in [-0.39, 0.29) is 12.5 Å². The molecule has 0 radical (unpaired) electrons. The maximum Gasteiger partial charge on any atom is 0.273 e. The lowest BCUT2D eigenvalue weighted by atomic mass is 10.3. The van der Waals surface area contributed by atoms with Crippen molar-refractivity contribution in [3.63, 3.8) is 0 Å². The number of aliphatic hydroxyl groups excluding tert-OH is 1. The number of aliphatic hydroxyl groups is 1. The first-order valence-electron chi connectivity index (χ1n) is 6.04. The molecule has 100 valence electrons. The molecule has 7 heteroatoms. The maximum absolute atomic E-state index is 12.2. The minimum absolute atomic E-state index is 0.0474. The molecule has 0 aromatic carbocycles. The van der Waals surface area contributed by atoms with Crippen molar-refractivity contribution in [2.75, 3.05) is 45.1 Å². The average Bonchev–Trinajstić information content (AvgIpc) is 2.65. The average molecular weight is 270 g/mol. The lowest BCUT2D eigenvalue weighted by molar-refractivity contribution is 0.0755. The molecule has 1 fully saturated rings. The van der Waals surface area contributed by atoms with E-state index in [0.29, 0.717) is 23.9 Å². The lowest BCUT2D eigenvalue weighted by Gasteiger charge is -2.20. The van der Waals surface area contributed by atoms with E-state index in [0.717, 1.165) is 26.1 Å². The second kappa shape index (κ2) is 6.12. The molecule has 1 aromatic rings. The van der Waals surface area contributed by atoms with E-state index in [1.165, 1.54) is 11.3 Å². The van der Waals surface area contributed by atoms with Gasteiger partial charge in [0.1, 0.15) is 5.69 Å². The van der Waals surface area contributed by atoms with Crippen LogP contribution in [0.5, 0.6) is 0 Å². The fraction of sp³-hybridized carbons (Fsp3) is 0.636. The highest BCUT2D eigenvalue weighted by Gasteiger charge is 2.21. The quantitative estimate of drug-likeness (QED) is 0.799. The van der Waals surface area contributed by atoms with Crippen molar-refractivity contribution in [3.8, 4) is 0 Å². The summed E-state index contributed by atoms with van der Waals surface area (Å²) >= 11 is 1.29. The zero-order valence-electron chi connectivity index (χ0n) is 10.2. The second-order valence-corrected chi connectivity index (χ2v) is 5.17. The van der Waals surface area contributed by atoms with Gasteiger partial charge in [-0.15, -0.1) is 11.3 Å². The number of nitrogen functional groups attached to an aromatic ring is 1. The molecule has 0 unspecified atom stereocenters. The van der Waals surface area contributed by atoms with Gasteiger partial charge in [0, 0.05) is 31.6 Å². The van der Waals surface area contributed by atoms with Gasteiger partial charge in [-0.1, -0.05) is 0 Å². The number of anilines is 1. The summed E-state index contributed by atoms with van der Waals surface area (Å²) in [5.74, 6) is -0.0474. The van der Waals surface area contributed by atoms with Crippen molar-refractivity contribution in [2.45, 2.75) is 6.42 Å². The Kier molecular flexibility index (Phi) is 4.51. The fourth-order valence-corrected chi connectivity index (χ4v) is 2.62. The van der Waals surface area contributed by atoms with Crippen LogP contribution in [0.1, 0.15) is 16.9 Å². The fourth-order valence-electron chi connectivity index (χ4n) is 2.09. The van der Waals surface area contributed by atoms with Crippen LogP contribution in [0, 0.1) is 0 Å². The number of β-amino-alcohol motifs (C(OH)–C–C–N with tert-alkyl or cyclic N) is 1. The summed E-state index contributed by atoms with van der Waals surface area (Å²) in [7, 11) is 0. The summed E-state index contributed by atoms with van der Waals surface area (Å²) < 4.78 is 0. The molecular weight excluding hydrogens is 252 g/mol. The highest BCUT2D eigenvalue weighted by atomic mass is 32.1. The van der Waals surface area contributed by atoms with E-state index in [2.05, 4.69) is 9.88 Å². The van der Waals surface area contributed by atoms with Crippen molar-refractivity contribution in [2.24, 2.45) is 0 Å². The molecule has 18 heavy (non-hydrogen) atoms. The lowest BCUT2D eigenvalue weighted by Crippen LogP contribution is -2.36. The Hall–Kier alpha value is -1.18. The third kappa shape index (κ3) is 3.18. The number of hydrogen-bond acceptors (Lipinski definition) is 6. The van der Waals surface area contributed by atoms with Gasteiger partial charge in [-0.3, -0.25) is 9.69 Å². The summed E-state index contributed by atoms with van der Waals surface area (Å²) in [6, 6.07) is 0. The number of nitrogens with zero attached hydrogens (tertiary/aromatic N) is 3. The van der Waals surface area contributed by atoms with Gasteiger partial charge in [0.15, 0.2) is 5.13 Å². The van der Waals surface area contributed by atoms with Gasteiger partial charge in [-0.25, -0.2) is 4.98 Å². The first kappa shape index (κ1) is 13.3. The zero-order chi connectivity index (χ0) is 13.0. The number of hydrogen-bond donors (Lipinski definition) is 2. The van der Waals surface area contributed by atoms with Gasteiger partial charge in [0.2, 0.25) is 0 Å². The Labute approximate surface area is 110 Å². The molecule has 0 saturated carbocycles. The zero-order valence-corrected chi connectivity index (χ0v) is 11.0. The number of thiazole rings is 1. The third-order valence-electron chi connectivity index (χ3n) is 3.03. The maximum atomic E-state index is 12.2. The second-order valence-electron chi connectivity index (χ2n) is 4.28. The van der Waals surface area contributed by atoms with Crippen LogP contribution in [-0.4, -0.2) is 65.1 Å². The van der Waals surface area contributed by atoms with Crippen molar-refractivity contribution in [3.05, 3.63) is 11.1 Å². The molecule has 6 nitrogen and oxygen atoms in total. The number of amides is 1. The van der Waals surface area contributed by atoms with Crippen LogP contribution in [-0.2, 0) is 0 Å². The Bertz CT molecular complexity index is 410. The van der Waals surface area contributed by atoms with Crippen LogP contribution in [0.3, 0.4) is 0 Å². The van der Waals surface area contributed by atoms with E-state index < -0.39 is 0 Å². The van der Waals surface area contributed by atoms with Gasteiger partial charge >= 0.3 is 0 Å². The van der Waals surface area contributed by atoms with Crippen LogP contribution < -0.4 is 5.73 Å². The first-order chi connectivity index (χ1) is 8.70. The minimum Gasteiger partial charge on any atom is -0.395 e. The Morgan fingerprint density at radius 2 is 2.28 bits per heavy atom. The molecule has 1 aromatic heterocycles. The Balaban J connectivity index is 1.95. The summed E-state index contributed by atoms with van der Waals surface area (Å²) in [5, 5.41) is 11.0. The van der Waals surface area contributed by atoms with E-state index in [1.807, 2.05) is 4.90 Å². The monoisotopic (exact) mass is 270 g/mol. The molecule has 0 bridgehead atoms. The van der Waals surface area contributed by atoms with E-state index in [9.17, 15) is 4.79 Å². The molecule has 1 aliphatic heterocycles. The van der Waals surface area contributed by atoms with Gasteiger partial charge in [-0.05, 0) is 13.0 Å². The summed E-state index contributed by atoms with van der Waals surface area (Å²) in [4.78, 5) is 20.2. The van der Waals surface area contributed by atoms with Crippen LogP contribution in [0.4, 0.5) is 5.13 Å². The summed E-state index contributed by atoms with van der Waals surface area (Å²) in [6.45, 7) is 3.96. The topological polar surface area (TPSA) is 82.7 Å². The van der Waals surface area contributed by atoms with Gasteiger partial charge in [0.05, 0.1) is 6.61 Å². The molecule has 1 aliphatic rings. The van der Waals surface area contributed by atoms with Gasteiger partial charge in [0.25, 0.3) is 5.91 Å². The summed E-state index contributed by atoms with van der Waals surface area (Å²) in [5.41, 5.74) is 5.98. The van der Waals surface area contributed by atoms with Crippen molar-refractivity contribution in [1.29, 1.82) is 0 Å². The van der Waals surface area contributed by atoms with Crippen molar-refractivity contribution < 1.29 is 9.90 Å². The third-order valence-corrected chi connectivity index (χ3v) is 3.71. The van der Waals surface area contributed by atoms with Crippen molar-refractivity contribution >= 4 is 22.4 Å². The van der Waals surface area contributed by atoms with Crippen LogP contribution >= 0.6 is 11.3 Å². The Morgan fingerprint density at radius 3 is 2.94 bits per heavy atom. The molecule has 0 aliphatic carbocycles. The Morgan fingerprint density at radius 1 is 1.44 bits per heavy atom. The normalized spacial score (nSPS) is 17.7. The van der Waals surface area contributed by atoms with Crippen LogP contribution in [0.2, 0.25) is 0 Å². The molecule has 0 atom stereocenters. The largest absolute Gasteiger partial charge is 0.395 e. The van der Waals surface area contributed by atoms with E-state index in [1.54, 1.807) is 5.38 Å². The van der Waals surface area contributed by atoms with Gasteiger partial charge < -0.3 is 15.7 Å². The molecule has 3 N–H and O–H groups in total. The molecule has 1 saturated heterocycles. The molecular formula is C11H18N4O2S. The highest BCUT2D eigenvalue weighted by molar-refractivity contribution is 7.13. The smallest absolute Gasteiger partial charge is 0.273 e. The number of nitrogens with two attached hydrogens (primary N) is 1. The molecule has 1 amide bonds. The molecule has 2 rings (SSSR count). The number of carbonyl (C=O) groups excluding carboxylic acids is 1. The van der Waals surface area contributed by atoms with Crippen molar-refractivity contribution in [1.82, 2.24) is 14.8 Å². The number of rotatable bonds is 3. The number of carbonyl (C=O) groups is 1. The van der Waals surface area contributed by atoms with Crippen LogP contribution in [0.25, 0.3) is 0 Å². The first-order valence-corrected chi connectivity index (χ1v) is 6.92. The minimum atomic E-state index is -0.0474. The molecule has 0 spiro atoms. The summed E-state index contributed by atoms with van der Waals surface area (Å²) in [6.07, 6.45) is 0.922. The molecule has 2 heterocycles. The van der Waals surface area contributed by atoms with E-state index >= 15 is 0 Å². The SMILES string of the molecule is Nc1nc(C(=O)N2CCCN(CCO)CC2)cs1. The predicted octanol–water partition coefficient (Wildman–Crippen LogP) is -0.134. The van der Waals surface area contributed by atoms with Crippen LogP contribution in [0.15, 0.2) is 5.38 Å². The number of aromatic nitrogens is 1. The standard InChI is InChI=1S/C11H18N4O2S/c12-11-13-9(8-18-11)10(17)15-3-1-2-14(4-5-15)6-7-16/h8,16H,1-7H2,(H2,12,13). The predicted molar refractivity (Wildman–Crippen MR) is 70.6 cm³/mol. The van der Waals surface area contributed by atoms with E-state index in [4.69, 9.17) is 10.8 Å². The van der Waals surface area contributed by atoms with Gasteiger partial charge in [-0.2, -0.15) is 0 Å². The highest BCUT2D eigenvalue weighted by Crippen LogP contribution is 2.14.